The number of ether oxygens (including phenoxy) is 2. The number of rotatable bonds is 6. The van der Waals surface area contributed by atoms with Crippen LogP contribution in [0.2, 0.25) is 0 Å². The molecule has 0 spiro atoms. The van der Waals surface area contributed by atoms with E-state index >= 15 is 0 Å². The first-order valence-electron chi connectivity index (χ1n) is 10.1. The minimum atomic E-state index is -0.465. The van der Waals surface area contributed by atoms with Gasteiger partial charge in [0.05, 0.1) is 12.0 Å². The molecule has 2 aromatic rings. The van der Waals surface area contributed by atoms with Gasteiger partial charge >= 0.3 is 11.6 Å². The second kappa shape index (κ2) is 6.86. The van der Waals surface area contributed by atoms with E-state index in [2.05, 4.69) is 15.3 Å². The predicted octanol–water partition coefficient (Wildman–Crippen LogP) is 4.57. The van der Waals surface area contributed by atoms with E-state index in [-0.39, 0.29) is 22.9 Å². The SMILES string of the molecule is COc1ccccc1Oc1ncnc(NC23CC4CC(CC(C4)C2)C3)c1[N+](=O)[O-]. The third-order valence-corrected chi connectivity index (χ3v) is 6.67. The normalized spacial score (nSPS) is 29.5. The molecule has 1 N–H and O–H groups in total. The molecule has 0 amide bonds. The fourth-order valence-electron chi connectivity index (χ4n) is 6.02. The van der Waals surface area contributed by atoms with Crippen LogP contribution in [0.4, 0.5) is 11.5 Å². The number of para-hydroxylation sites is 2. The summed E-state index contributed by atoms with van der Waals surface area (Å²) in [6, 6.07) is 7.01. The lowest BCUT2D eigenvalue weighted by atomic mass is 9.53. The molecule has 0 atom stereocenters. The lowest BCUT2D eigenvalue weighted by Gasteiger charge is -2.57. The number of nitro groups is 1. The van der Waals surface area contributed by atoms with Gasteiger partial charge in [0.2, 0.25) is 5.82 Å². The van der Waals surface area contributed by atoms with Crippen LogP contribution in [-0.4, -0.2) is 27.5 Å². The van der Waals surface area contributed by atoms with E-state index in [1.165, 1.54) is 32.7 Å². The van der Waals surface area contributed by atoms with Crippen molar-refractivity contribution in [2.75, 3.05) is 12.4 Å². The Balaban J connectivity index is 1.48. The third kappa shape index (κ3) is 3.26. The lowest BCUT2D eigenvalue weighted by Crippen LogP contribution is -2.55. The van der Waals surface area contributed by atoms with Gasteiger partial charge in [0, 0.05) is 5.54 Å². The van der Waals surface area contributed by atoms with E-state index in [0.29, 0.717) is 11.5 Å². The van der Waals surface area contributed by atoms with Gasteiger partial charge < -0.3 is 14.8 Å². The Bertz CT molecular complexity index is 913. The van der Waals surface area contributed by atoms with Gasteiger partial charge in [0.1, 0.15) is 6.33 Å². The zero-order valence-electron chi connectivity index (χ0n) is 16.3. The zero-order chi connectivity index (χ0) is 20.0. The van der Waals surface area contributed by atoms with Crippen molar-refractivity contribution in [2.45, 2.75) is 44.1 Å². The number of nitrogens with one attached hydrogen (secondary N) is 1. The number of methoxy groups -OCH3 is 1. The maximum atomic E-state index is 11.9. The molecule has 1 heterocycles. The Kier molecular flexibility index (Phi) is 4.29. The second-order valence-electron chi connectivity index (χ2n) is 8.71. The average Bonchev–Trinajstić information content (AvgIpc) is 2.67. The summed E-state index contributed by atoms with van der Waals surface area (Å²) in [5.74, 6) is 3.18. The highest BCUT2D eigenvalue weighted by Gasteiger charge is 2.51. The molecule has 4 aliphatic rings. The molecule has 152 valence electrons. The average molecular weight is 396 g/mol. The monoisotopic (exact) mass is 396 g/mol. The fraction of sp³-hybridized carbons (Fsp3) is 0.524. The molecule has 0 saturated heterocycles. The van der Waals surface area contributed by atoms with Crippen LogP contribution in [0.15, 0.2) is 30.6 Å². The molecular weight excluding hydrogens is 372 g/mol. The van der Waals surface area contributed by atoms with Crippen LogP contribution in [0.25, 0.3) is 0 Å². The van der Waals surface area contributed by atoms with Crippen molar-refractivity contribution >= 4 is 11.5 Å². The highest BCUT2D eigenvalue weighted by molar-refractivity contribution is 5.63. The first-order chi connectivity index (χ1) is 14.0. The minimum Gasteiger partial charge on any atom is -0.493 e. The van der Waals surface area contributed by atoms with Gasteiger partial charge in [0.15, 0.2) is 11.5 Å². The highest BCUT2D eigenvalue weighted by atomic mass is 16.6. The van der Waals surface area contributed by atoms with Crippen molar-refractivity contribution < 1.29 is 14.4 Å². The van der Waals surface area contributed by atoms with E-state index in [1.807, 2.05) is 0 Å². The number of nitrogens with zero attached hydrogens (tertiary/aromatic N) is 3. The second-order valence-corrected chi connectivity index (χ2v) is 8.71. The summed E-state index contributed by atoms with van der Waals surface area (Å²) in [6.45, 7) is 0. The van der Waals surface area contributed by atoms with Gasteiger partial charge in [0.25, 0.3) is 0 Å². The molecule has 29 heavy (non-hydrogen) atoms. The molecule has 8 nitrogen and oxygen atoms in total. The Labute approximate surface area is 168 Å². The van der Waals surface area contributed by atoms with Gasteiger partial charge in [-0.15, -0.1) is 0 Å². The van der Waals surface area contributed by atoms with Crippen LogP contribution in [-0.2, 0) is 0 Å². The van der Waals surface area contributed by atoms with E-state index in [9.17, 15) is 10.1 Å². The van der Waals surface area contributed by atoms with E-state index in [0.717, 1.165) is 37.0 Å². The van der Waals surface area contributed by atoms with Crippen LogP contribution in [0.5, 0.6) is 17.4 Å². The van der Waals surface area contributed by atoms with E-state index < -0.39 is 4.92 Å². The molecule has 0 unspecified atom stereocenters. The molecule has 4 bridgehead atoms. The molecule has 4 fully saturated rings. The van der Waals surface area contributed by atoms with Crippen molar-refractivity contribution in [3.05, 3.63) is 40.7 Å². The van der Waals surface area contributed by atoms with Crippen molar-refractivity contribution in [2.24, 2.45) is 17.8 Å². The van der Waals surface area contributed by atoms with Crippen molar-refractivity contribution in [1.82, 2.24) is 9.97 Å². The number of anilines is 1. The van der Waals surface area contributed by atoms with Gasteiger partial charge in [-0.05, 0) is 68.4 Å². The molecule has 1 aromatic carbocycles. The smallest absolute Gasteiger partial charge is 0.373 e. The third-order valence-electron chi connectivity index (χ3n) is 6.67. The largest absolute Gasteiger partial charge is 0.493 e. The first-order valence-corrected chi connectivity index (χ1v) is 10.1. The summed E-state index contributed by atoms with van der Waals surface area (Å²) in [4.78, 5) is 19.8. The molecule has 4 aliphatic carbocycles. The standard InChI is InChI=1S/C21H24N4O4/c1-28-16-4-2-3-5-17(16)29-20-18(25(26)27)19(22-12-23-20)24-21-9-13-6-14(10-21)8-15(7-13)11-21/h2-5,12-15H,6-11H2,1H3,(H,22,23,24). The summed E-state index contributed by atoms with van der Waals surface area (Å²) in [7, 11) is 1.52. The summed E-state index contributed by atoms with van der Waals surface area (Å²) in [5.41, 5.74) is -0.329. The van der Waals surface area contributed by atoms with Crippen molar-refractivity contribution in [3.63, 3.8) is 0 Å². The zero-order valence-corrected chi connectivity index (χ0v) is 16.3. The van der Waals surface area contributed by atoms with Crippen LogP contribution >= 0.6 is 0 Å². The maximum absolute atomic E-state index is 11.9. The number of aromatic nitrogens is 2. The number of benzene rings is 1. The Morgan fingerprint density at radius 2 is 1.69 bits per heavy atom. The van der Waals surface area contributed by atoms with Crippen molar-refractivity contribution in [1.29, 1.82) is 0 Å². The highest BCUT2D eigenvalue weighted by Crippen LogP contribution is 2.57. The Morgan fingerprint density at radius 3 is 2.28 bits per heavy atom. The van der Waals surface area contributed by atoms with Gasteiger partial charge in [-0.25, -0.2) is 4.98 Å². The molecule has 8 heteroatoms. The van der Waals surface area contributed by atoms with Gasteiger partial charge in [-0.2, -0.15) is 4.98 Å². The van der Waals surface area contributed by atoms with Crippen LogP contribution in [0, 0.1) is 27.9 Å². The summed E-state index contributed by atoms with van der Waals surface area (Å²) >= 11 is 0. The van der Waals surface area contributed by atoms with Crippen molar-refractivity contribution in [3.8, 4) is 17.4 Å². The topological polar surface area (TPSA) is 99.4 Å². The summed E-state index contributed by atoms with van der Waals surface area (Å²) in [5, 5.41) is 15.4. The number of hydrogen-bond acceptors (Lipinski definition) is 7. The lowest BCUT2D eigenvalue weighted by molar-refractivity contribution is -0.385. The fourth-order valence-corrected chi connectivity index (χ4v) is 6.02. The molecular formula is C21H24N4O4. The molecule has 0 radical (unpaired) electrons. The predicted molar refractivity (Wildman–Crippen MR) is 106 cm³/mol. The molecule has 0 aliphatic heterocycles. The summed E-state index contributed by atoms with van der Waals surface area (Å²) in [6.07, 6.45) is 8.40. The first kappa shape index (κ1) is 18.1. The maximum Gasteiger partial charge on any atom is 0.373 e. The minimum absolute atomic E-state index is 0.0817. The van der Waals surface area contributed by atoms with Crippen LogP contribution in [0.1, 0.15) is 38.5 Å². The Hall–Kier alpha value is -2.90. The van der Waals surface area contributed by atoms with Gasteiger partial charge in [-0.1, -0.05) is 12.1 Å². The molecule has 1 aromatic heterocycles. The van der Waals surface area contributed by atoms with Crippen LogP contribution < -0.4 is 14.8 Å². The summed E-state index contributed by atoms with van der Waals surface area (Å²) < 4.78 is 11.1. The van der Waals surface area contributed by atoms with E-state index in [1.54, 1.807) is 24.3 Å². The molecule has 4 saturated carbocycles. The molecule has 6 rings (SSSR count). The number of hydrogen-bond donors (Lipinski definition) is 1. The van der Waals surface area contributed by atoms with Crippen LogP contribution in [0.3, 0.4) is 0 Å². The van der Waals surface area contributed by atoms with E-state index in [4.69, 9.17) is 9.47 Å². The quantitative estimate of drug-likeness (QED) is 0.564. The Morgan fingerprint density at radius 1 is 1.07 bits per heavy atom. The van der Waals surface area contributed by atoms with Gasteiger partial charge in [-0.3, -0.25) is 10.1 Å².